The van der Waals surface area contributed by atoms with E-state index in [2.05, 4.69) is 41.6 Å². The molecule has 2 rings (SSSR count). The minimum Gasteiger partial charge on any atom is -0.315 e. The van der Waals surface area contributed by atoms with Gasteiger partial charge in [-0.15, -0.1) is 0 Å². The Balaban J connectivity index is 1.98. The summed E-state index contributed by atoms with van der Waals surface area (Å²) in [6.45, 7) is 5.95. The van der Waals surface area contributed by atoms with E-state index in [0.29, 0.717) is 12.1 Å². The van der Waals surface area contributed by atoms with Gasteiger partial charge in [0.2, 0.25) is 0 Å². The molecule has 2 heterocycles. The van der Waals surface area contributed by atoms with Crippen LogP contribution in [0.4, 0.5) is 0 Å². The number of rotatable bonds is 3. The first-order valence-corrected chi connectivity index (χ1v) is 6.99. The summed E-state index contributed by atoms with van der Waals surface area (Å²) in [5.41, 5.74) is 0. The van der Waals surface area contributed by atoms with Gasteiger partial charge in [-0.25, -0.2) is 0 Å². The second-order valence-electron chi connectivity index (χ2n) is 5.73. The van der Waals surface area contributed by atoms with Crippen LogP contribution in [-0.4, -0.2) is 75.8 Å². The van der Waals surface area contributed by atoms with Crippen LogP contribution in [0.15, 0.2) is 0 Å². The second kappa shape index (κ2) is 6.14. The van der Waals surface area contributed by atoms with Gasteiger partial charge in [0, 0.05) is 38.3 Å². The standard InChI is InChI=1S/C13H28N4/c1-14-13(11-5-4-7-16(2)10-11)12-9-15-6-8-17(12)3/h11-15H,4-10H2,1-3H3. The fraction of sp³-hybridized carbons (Fsp3) is 1.00. The van der Waals surface area contributed by atoms with Gasteiger partial charge in [0.25, 0.3) is 0 Å². The molecule has 0 bridgehead atoms. The van der Waals surface area contributed by atoms with Crippen LogP contribution >= 0.6 is 0 Å². The molecule has 100 valence electrons. The van der Waals surface area contributed by atoms with Gasteiger partial charge in [-0.1, -0.05) is 0 Å². The van der Waals surface area contributed by atoms with Crippen molar-refractivity contribution in [1.82, 2.24) is 20.4 Å². The Bertz CT molecular complexity index is 233. The molecule has 0 aliphatic carbocycles. The largest absolute Gasteiger partial charge is 0.315 e. The first-order chi connectivity index (χ1) is 8.22. The van der Waals surface area contributed by atoms with Gasteiger partial charge in [0.05, 0.1) is 0 Å². The molecular weight excluding hydrogens is 212 g/mol. The summed E-state index contributed by atoms with van der Waals surface area (Å²) >= 11 is 0. The van der Waals surface area contributed by atoms with E-state index in [1.54, 1.807) is 0 Å². The zero-order valence-corrected chi connectivity index (χ0v) is 11.6. The third-order valence-corrected chi connectivity index (χ3v) is 4.48. The number of hydrogen-bond acceptors (Lipinski definition) is 4. The number of hydrogen-bond donors (Lipinski definition) is 2. The molecule has 2 aliphatic heterocycles. The Kier molecular flexibility index (Phi) is 4.79. The van der Waals surface area contributed by atoms with Crippen molar-refractivity contribution in [2.45, 2.75) is 24.9 Å². The fourth-order valence-electron chi connectivity index (χ4n) is 3.47. The lowest BCUT2D eigenvalue weighted by Crippen LogP contribution is -2.61. The minimum atomic E-state index is 0.621. The number of piperidine rings is 1. The van der Waals surface area contributed by atoms with Gasteiger partial charge < -0.3 is 15.5 Å². The Morgan fingerprint density at radius 2 is 2.12 bits per heavy atom. The van der Waals surface area contributed by atoms with Gasteiger partial charge in [-0.2, -0.15) is 0 Å². The van der Waals surface area contributed by atoms with E-state index >= 15 is 0 Å². The molecule has 0 saturated carbocycles. The molecule has 0 aromatic rings. The van der Waals surface area contributed by atoms with Crippen LogP contribution in [0.3, 0.4) is 0 Å². The Morgan fingerprint density at radius 1 is 1.29 bits per heavy atom. The van der Waals surface area contributed by atoms with Crippen molar-refractivity contribution < 1.29 is 0 Å². The predicted octanol–water partition coefficient (Wildman–Crippen LogP) is -0.180. The number of piperazine rings is 1. The van der Waals surface area contributed by atoms with E-state index in [9.17, 15) is 0 Å². The Labute approximate surface area is 106 Å². The Hall–Kier alpha value is -0.160. The van der Waals surface area contributed by atoms with E-state index in [-0.39, 0.29) is 0 Å². The molecule has 2 N–H and O–H groups in total. The van der Waals surface area contributed by atoms with E-state index in [1.165, 1.54) is 32.5 Å². The highest BCUT2D eigenvalue weighted by molar-refractivity contribution is 4.93. The average molecular weight is 240 g/mol. The average Bonchev–Trinajstić information content (AvgIpc) is 2.33. The van der Waals surface area contributed by atoms with E-state index in [0.717, 1.165) is 19.0 Å². The van der Waals surface area contributed by atoms with Gasteiger partial charge >= 0.3 is 0 Å². The Morgan fingerprint density at radius 3 is 2.76 bits per heavy atom. The van der Waals surface area contributed by atoms with E-state index < -0.39 is 0 Å². The molecule has 4 heteroatoms. The maximum atomic E-state index is 3.58. The SMILES string of the molecule is CNC(C1CCCN(C)C1)C1CNCCN1C. The number of nitrogens with zero attached hydrogens (tertiary/aromatic N) is 2. The molecule has 4 nitrogen and oxygen atoms in total. The van der Waals surface area contributed by atoms with Crippen molar-refractivity contribution in [3.63, 3.8) is 0 Å². The molecule has 2 fully saturated rings. The number of likely N-dealkylation sites (tertiary alicyclic amines) is 1. The smallest absolute Gasteiger partial charge is 0.0374 e. The van der Waals surface area contributed by atoms with Crippen LogP contribution in [0.2, 0.25) is 0 Å². The molecule has 0 aromatic heterocycles. The number of likely N-dealkylation sites (N-methyl/N-ethyl adjacent to an activating group) is 2. The molecule has 2 aliphatic rings. The van der Waals surface area contributed by atoms with Gasteiger partial charge in [0.1, 0.15) is 0 Å². The number of nitrogens with one attached hydrogen (secondary N) is 2. The third kappa shape index (κ3) is 3.19. The molecular formula is C13H28N4. The molecule has 0 aromatic carbocycles. The highest BCUT2D eigenvalue weighted by Gasteiger charge is 2.33. The van der Waals surface area contributed by atoms with Crippen molar-refractivity contribution in [3.05, 3.63) is 0 Å². The van der Waals surface area contributed by atoms with E-state index in [1.807, 2.05) is 0 Å². The molecule has 0 radical (unpaired) electrons. The van der Waals surface area contributed by atoms with Crippen LogP contribution in [0, 0.1) is 5.92 Å². The monoisotopic (exact) mass is 240 g/mol. The first-order valence-electron chi connectivity index (χ1n) is 6.99. The topological polar surface area (TPSA) is 30.5 Å². The molecule has 0 spiro atoms. The second-order valence-corrected chi connectivity index (χ2v) is 5.73. The molecule has 2 saturated heterocycles. The summed E-state index contributed by atoms with van der Waals surface area (Å²) in [5, 5.41) is 7.12. The van der Waals surface area contributed by atoms with Crippen molar-refractivity contribution in [2.75, 3.05) is 53.9 Å². The van der Waals surface area contributed by atoms with Crippen LogP contribution in [-0.2, 0) is 0 Å². The van der Waals surface area contributed by atoms with Gasteiger partial charge in [-0.3, -0.25) is 4.90 Å². The highest BCUT2D eigenvalue weighted by Crippen LogP contribution is 2.22. The quantitative estimate of drug-likeness (QED) is 0.716. The summed E-state index contributed by atoms with van der Waals surface area (Å²) in [4.78, 5) is 5.00. The maximum Gasteiger partial charge on any atom is 0.0374 e. The summed E-state index contributed by atoms with van der Waals surface area (Å²) in [6.07, 6.45) is 2.73. The molecule has 17 heavy (non-hydrogen) atoms. The lowest BCUT2D eigenvalue weighted by atomic mass is 9.85. The lowest BCUT2D eigenvalue weighted by molar-refractivity contribution is 0.0958. The van der Waals surface area contributed by atoms with Gasteiger partial charge in [-0.05, 0) is 46.4 Å². The molecule has 0 amide bonds. The normalized spacial score (nSPS) is 34.8. The highest BCUT2D eigenvalue weighted by atomic mass is 15.2. The fourth-order valence-corrected chi connectivity index (χ4v) is 3.47. The van der Waals surface area contributed by atoms with E-state index in [4.69, 9.17) is 0 Å². The van der Waals surface area contributed by atoms with Crippen molar-refractivity contribution in [1.29, 1.82) is 0 Å². The van der Waals surface area contributed by atoms with Crippen molar-refractivity contribution in [2.24, 2.45) is 5.92 Å². The minimum absolute atomic E-state index is 0.621. The first kappa shape index (κ1) is 13.3. The summed E-state index contributed by atoms with van der Waals surface area (Å²) < 4.78 is 0. The summed E-state index contributed by atoms with van der Waals surface area (Å²) in [6, 6.07) is 1.26. The summed E-state index contributed by atoms with van der Waals surface area (Å²) in [5.74, 6) is 0.797. The summed E-state index contributed by atoms with van der Waals surface area (Å²) in [7, 11) is 6.64. The van der Waals surface area contributed by atoms with Crippen molar-refractivity contribution in [3.8, 4) is 0 Å². The van der Waals surface area contributed by atoms with Crippen LogP contribution in [0.5, 0.6) is 0 Å². The predicted molar refractivity (Wildman–Crippen MR) is 72.4 cm³/mol. The van der Waals surface area contributed by atoms with Gasteiger partial charge in [0.15, 0.2) is 0 Å². The molecule has 3 atom stereocenters. The van der Waals surface area contributed by atoms with Crippen molar-refractivity contribution >= 4 is 0 Å². The maximum absolute atomic E-state index is 3.58. The van der Waals surface area contributed by atoms with Crippen LogP contribution < -0.4 is 10.6 Å². The lowest BCUT2D eigenvalue weighted by Gasteiger charge is -2.44. The molecule has 3 unspecified atom stereocenters. The zero-order valence-electron chi connectivity index (χ0n) is 11.6. The van der Waals surface area contributed by atoms with Crippen LogP contribution in [0.25, 0.3) is 0 Å². The zero-order chi connectivity index (χ0) is 12.3. The van der Waals surface area contributed by atoms with Crippen LogP contribution in [0.1, 0.15) is 12.8 Å². The third-order valence-electron chi connectivity index (χ3n) is 4.48.